The van der Waals surface area contributed by atoms with E-state index in [1.165, 1.54) is 6.26 Å². The molecular formula is C12H25NO4S. The van der Waals surface area contributed by atoms with Crippen LogP contribution in [0.25, 0.3) is 0 Å². The minimum atomic E-state index is -2.90. The molecule has 0 radical (unpaired) electrons. The Kier molecular flexibility index (Phi) is 5.58. The van der Waals surface area contributed by atoms with Crippen molar-refractivity contribution in [3.05, 3.63) is 0 Å². The molecule has 2 unspecified atom stereocenters. The Morgan fingerprint density at radius 3 is 2.56 bits per heavy atom. The lowest BCUT2D eigenvalue weighted by atomic mass is 9.95. The molecule has 1 saturated heterocycles. The number of aliphatic hydroxyl groups is 1. The zero-order valence-electron chi connectivity index (χ0n) is 11.7. The molecule has 0 aromatic rings. The van der Waals surface area contributed by atoms with Crippen molar-refractivity contribution in [3.63, 3.8) is 0 Å². The van der Waals surface area contributed by atoms with Crippen molar-refractivity contribution in [2.75, 3.05) is 25.6 Å². The van der Waals surface area contributed by atoms with Crippen molar-refractivity contribution in [1.82, 2.24) is 4.90 Å². The monoisotopic (exact) mass is 279 g/mol. The second kappa shape index (κ2) is 6.32. The van der Waals surface area contributed by atoms with Crippen molar-refractivity contribution >= 4 is 9.84 Å². The molecule has 0 spiro atoms. The molecule has 0 amide bonds. The van der Waals surface area contributed by atoms with Crippen LogP contribution in [-0.4, -0.2) is 68.4 Å². The molecule has 5 nitrogen and oxygen atoms in total. The lowest BCUT2D eigenvalue weighted by molar-refractivity contribution is -0.137. The van der Waals surface area contributed by atoms with Crippen molar-refractivity contribution in [2.24, 2.45) is 0 Å². The number of ether oxygens (including phenoxy) is 1. The molecule has 0 bridgehead atoms. The lowest BCUT2D eigenvalue weighted by Crippen LogP contribution is -2.53. The summed E-state index contributed by atoms with van der Waals surface area (Å²) in [6.07, 6.45) is 2.08. The highest BCUT2D eigenvalue weighted by molar-refractivity contribution is 7.90. The fraction of sp³-hybridized carbons (Fsp3) is 1.00. The standard InChI is InChI=1S/C12H25NO4S/c1-9-8-11(12(14)10(2)17-9)13(3)6-5-7-18(4,15)16/h9-12,14H,5-8H2,1-4H3/t9-,10+,11?,12?/m1/s1. The van der Waals surface area contributed by atoms with Gasteiger partial charge in [0.2, 0.25) is 0 Å². The van der Waals surface area contributed by atoms with Gasteiger partial charge in [0.05, 0.1) is 24.1 Å². The van der Waals surface area contributed by atoms with Crippen LogP contribution in [0.3, 0.4) is 0 Å². The van der Waals surface area contributed by atoms with E-state index in [-0.39, 0.29) is 24.0 Å². The summed E-state index contributed by atoms with van der Waals surface area (Å²) in [4.78, 5) is 2.05. The summed E-state index contributed by atoms with van der Waals surface area (Å²) in [6.45, 7) is 4.55. The SMILES string of the molecule is C[C@@H]1CC(N(C)CCCS(C)(=O)=O)C(O)[C@H](C)O1. The average Bonchev–Trinajstić information content (AvgIpc) is 2.21. The normalized spacial score (nSPS) is 33.9. The van der Waals surface area contributed by atoms with Crippen LogP contribution in [0, 0.1) is 0 Å². The number of rotatable bonds is 5. The van der Waals surface area contributed by atoms with E-state index in [0.29, 0.717) is 13.0 Å². The number of nitrogens with zero attached hydrogens (tertiary/aromatic N) is 1. The molecule has 1 heterocycles. The second-order valence-corrected chi connectivity index (χ2v) is 7.67. The Morgan fingerprint density at radius 1 is 1.39 bits per heavy atom. The molecule has 6 heteroatoms. The van der Waals surface area contributed by atoms with E-state index in [1.54, 1.807) is 0 Å². The molecule has 0 saturated carbocycles. The lowest BCUT2D eigenvalue weighted by Gasteiger charge is -2.41. The Hall–Kier alpha value is -0.170. The molecule has 1 fully saturated rings. The zero-order chi connectivity index (χ0) is 13.9. The first-order valence-corrected chi connectivity index (χ1v) is 8.48. The van der Waals surface area contributed by atoms with E-state index in [1.807, 2.05) is 25.8 Å². The van der Waals surface area contributed by atoms with Crippen LogP contribution in [0.1, 0.15) is 26.7 Å². The summed E-state index contributed by atoms with van der Waals surface area (Å²) in [5, 5.41) is 10.1. The average molecular weight is 279 g/mol. The maximum absolute atomic E-state index is 11.1. The summed E-state index contributed by atoms with van der Waals surface area (Å²) < 4.78 is 27.7. The maximum Gasteiger partial charge on any atom is 0.147 e. The van der Waals surface area contributed by atoms with Gasteiger partial charge in [0.1, 0.15) is 9.84 Å². The third-order valence-corrected chi connectivity index (χ3v) is 4.52. The summed E-state index contributed by atoms with van der Waals surface area (Å²) in [5.74, 6) is 0.196. The van der Waals surface area contributed by atoms with Gasteiger partial charge >= 0.3 is 0 Å². The van der Waals surface area contributed by atoms with Gasteiger partial charge in [-0.15, -0.1) is 0 Å². The smallest absolute Gasteiger partial charge is 0.147 e. The highest BCUT2D eigenvalue weighted by atomic mass is 32.2. The first-order chi connectivity index (χ1) is 8.20. The van der Waals surface area contributed by atoms with E-state index in [4.69, 9.17) is 4.74 Å². The van der Waals surface area contributed by atoms with Crippen LogP contribution in [-0.2, 0) is 14.6 Å². The Morgan fingerprint density at radius 2 is 2.00 bits per heavy atom. The summed E-state index contributed by atoms with van der Waals surface area (Å²) in [7, 11) is -0.968. The van der Waals surface area contributed by atoms with Crippen LogP contribution in [0.2, 0.25) is 0 Å². The molecule has 0 aromatic heterocycles. The van der Waals surface area contributed by atoms with Gasteiger partial charge in [0.25, 0.3) is 0 Å². The van der Waals surface area contributed by atoms with E-state index in [9.17, 15) is 13.5 Å². The summed E-state index contributed by atoms with van der Waals surface area (Å²) in [5.41, 5.74) is 0. The van der Waals surface area contributed by atoms with E-state index in [2.05, 4.69) is 0 Å². The van der Waals surface area contributed by atoms with Gasteiger partial charge in [-0.05, 0) is 40.3 Å². The molecule has 1 aliphatic heterocycles. The molecule has 1 aliphatic rings. The molecule has 108 valence electrons. The van der Waals surface area contributed by atoms with Gasteiger partial charge in [0.15, 0.2) is 0 Å². The van der Waals surface area contributed by atoms with Gasteiger partial charge in [-0.3, -0.25) is 0 Å². The quantitative estimate of drug-likeness (QED) is 0.783. The minimum Gasteiger partial charge on any atom is -0.389 e. The van der Waals surface area contributed by atoms with Crippen molar-refractivity contribution in [2.45, 2.75) is 51.0 Å². The van der Waals surface area contributed by atoms with Gasteiger partial charge in [-0.2, -0.15) is 0 Å². The number of hydrogen-bond acceptors (Lipinski definition) is 5. The molecule has 18 heavy (non-hydrogen) atoms. The van der Waals surface area contributed by atoms with E-state index < -0.39 is 15.9 Å². The predicted octanol–water partition coefficient (Wildman–Crippen LogP) is 0.280. The van der Waals surface area contributed by atoms with Crippen LogP contribution in [0.15, 0.2) is 0 Å². The van der Waals surface area contributed by atoms with Crippen molar-refractivity contribution < 1.29 is 18.3 Å². The number of sulfone groups is 1. The predicted molar refractivity (Wildman–Crippen MR) is 71.4 cm³/mol. The van der Waals surface area contributed by atoms with Crippen LogP contribution in [0.5, 0.6) is 0 Å². The topological polar surface area (TPSA) is 66.8 Å². The summed E-state index contributed by atoms with van der Waals surface area (Å²) >= 11 is 0. The fourth-order valence-corrected chi connectivity index (χ4v) is 3.13. The summed E-state index contributed by atoms with van der Waals surface area (Å²) in [6, 6.07) is 0.0447. The molecule has 1 N–H and O–H groups in total. The number of aliphatic hydroxyl groups excluding tert-OH is 1. The van der Waals surface area contributed by atoms with Crippen molar-refractivity contribution in [3.8, 4) is 0 Å². The highest BCUT2D eigenvalue weighted by Gasteiger charge is 2.35. The fourth-order valence-electron chi connectivity index (χ4n) is 2.48. The zero-order valence-corrected chi connectivity index (χ0v) is 12.5. The molecule has 1 rings (SSSR count). The van der Waals surface area contributed by atoms with Crippen LogP contribution in [0.4, 0.5) is 0 Å². The first kappa shape index (κ1) is 15.9. The minimum absolute atomic E-state index is 0.0447. The Labute approximate surface area is 110 Å². The molecular weight excluding hydrogens is 254 g/mol. The maximum atomic E-state index is 11.1. The number of likely N-dealkylation sites (N-methyl/N-ethyl adjacent to an activating group) is 1. The molecule has 0 aliphatic carbocycles. The van der Waals surface area contributed by atoms with Crippen LogP contribution >= 0.6 is 0 Å². The van der Waals surface area contributed by atoms with Crippen LogP contribution < -0.4 is 0 Å². The van der Waals surface area contributed by atoms with E-state index >= 15 is 0 Å². The van der Waals surface area contributed by atoms with Gasteiger partial charge in [-0.1, -0.05) is 0 Å². The van der Waals surface area contributed by atoms with Gasteiger partial charge < -0.3 is 14.7 Å². The Bertz CT molecular complexity index is 357. The highest BCUT2D eigenvalue weighted by Crippen LogP contribution is 2.23. The number of hydrogen-bond donors (Lipinski definition) is 1. The van der Waals surface area contributed by atoms with Gasteiger partial charge in [-0.25, -0.2) is 8.42 Å². The van der Waals surface area contributed by atoms with Gasteiger partial charge in [0, 0.05) is 12.3 Å². The largest absolute Gasteiger partial charge is 0.389 e. The van der Waals surface area contributed by atoms with Crippen molar-refractivity contribution in [1.29, 1.82) is 0 Å². The third kappa shape index (κ3) is 4.84. The molecule has 4 atom stereocenters. The Balaban J connectivity index is 2.47. The first-order valence-electron chi connectivity index (χ1n) is 6.42. The third-order valence-electron chi connectivity index (χ3n) is 3.49. The molecule has 0 aromatic carbocycles. The second-order valence-electron chi connectivity index (χ2n) is 5.41. The van der Waals surface area contributed by atoms with E-state index in [0.717, 1.165) is 6.42 Å².